The van der Waals surface area contributed by atoms with Crippen molar-refractivity contribution in [3.8, 4) is 5.75 Å². The third kappa shape index (κ3) is 5.05. The molecule has 3 aromatic rings. The highest BCUT2D eigenvalue weighted by Crippen LogP contribution is 2.30. The van der Waals surface area contributed by atoms with Gasteiger partial charge < -0.3 is 19.4 Å². The lowest BCUT2D eigenvalue weighted by atomic mass is 9.95. The van der Waals surface area contributed by atoms with Crippen LogP contribution in [0.4, 0.5) is 0 Å². The van der Waals surface area contributed by atoms with Crippen molar-refractivity contribution in [2.45, 2.75) is 50.7 Å². The number of benzene rings is 1. The Morgan fingerprint density at radius 3 is 2.62 bits per heavy atom. The van der Waals surface area contributed by atoms with Crippen LogP contribution < -0.4 is 10.1 Å². The van der Waals surface area contributed by atoms with E-state index in [1.54, 1.807) is 30.2 Å². The first-order valence-corrected chi connectivity index (χ1v) is 11.9. The summed E-state index contributed by atoms with van der Waals surface area (Å²) >= 11 is 1.36. The molecular formula is C25H28N2O4S. The van der Waals surface area contributed by atoms with Crippen LogP contribution in [0, 0.1) is 0 Å². The van der Waals surface area contributed by atoms with E-state index in [0.29, 0.717) is 16.4 Å². The molecule has 2 aromatic heterocycles. The lowest BCUT2D eigenvalue weighted by Crippen LogP contribution is -2.46. The van der Waals surface area contributed by atoms with Crippen molar-refractivity contribution in [1.29, 1.82) is 0 Å². The van der Waals surface area contributed by atoms with Gasteiger partial charge in [0.1, 0.15) is 11.5 Å². The summed E-state index contributed by atoms with van der Waals surface area (Å²) in [5, 5.41) is 5.04. The topological polar surface area (TPSA) is 71.8 Å². The van der Waals surface area contributed by atoms with E-state index in [4.69, 9.17) is 9.15 Å². The quantitative estimate of drug-likeness (QED) is 0.511. The number of nitrogens with zero attached hydrogens (tertiary/aromatic N) is 1. The average molecular weight is 453 g/mol. The number of furan rings is 1. The molecule has 0 radical (unpaired) electrons. The number of nitrogens with one attached hydrogen (secondary N) is 1. The molecule has 1 atom stereocenters. The molecule has 1 N–H and O–H groups in total. The zero-order valence-electron chi connectivity index (χ0n) is 18.2. The molecule has 2 amide bonds. The van der Waals surface area contributed by atoms with Crippen molar-refractivity contribution in [3.05, 3.63) is 76.4 Å². The van der Waals surface area contributed by atoms with E-state index >= 15 is 0 Å². The van der Waals surface area contributed by atoms with Crippen LogP contribution in [0.5, 0.6) is 5.75 Å². The fourth-order valence-corrected chi connectivity index (χ4v) is 4.92. The van der Waals surface area contributed by atoms with E-state index in [1.807, 2.05) is 35.7 Å². The molecule has 0 spiro atoms. The molecule has 0 saturated heterocycles. The summed E-state index contributed by atoms with van der Waals surface area (Å²) in [4.78, 5) is 29.3. The lowest BCUT2D eigenvalue weighted by molar-refractivity contribution is -0.127. The fourth-order valence-electron chi connectivity index (χ4n) is 4.24. The Balaban J connectivity index is 1.70. The van der Waals surface area contributed by atoms with E-state index < -0.39 is 6.04 Å². The van der Waals surface area contributed by atoms with Gasteiger partial charge in [0.15, 0.2) is 6.04 Å². The maximum Gasteiger partial charge on any atom is 0.265 e. The van der Waals surface area contributed by atoms with Crippen molar-refractivity contribution >= 4 is 23.2 Å². The SMILES string of the molecule is COc1ccccc1CN(C(=O)c1cccs1)[C@H](C(=O)NC1CCCCC1)c1ccco1. The van der Waals surface area contributed by atoms with Crippen LogP contribution in [-0.2, 0) is 11.3 Å². The Bertz CT molecular complexity index is 1010. The van der Waals surface area contributed by atoms with Gasteiger partial charge in [0.2, 0.25) is 0 Å². The van der Waals surface area contributed by atoms with E-state index in [-0.39, 0.29) is 24.4 Å². The van der Waals surface area contributed by atoms with Gasteiger partial charge in [0, 0.05) is 11.6 Å². The van der Waals surface area contributed by atoms with Crippen molar-refractivity contribution in [3.63, 3.8) is 0 Å². The number of ether oxygens (including phenoxy) is 1. The normalized spacial score (nSPS) is 15.2. The maximum atomic E-state index is 13.6. The van der Waals surface area contributed by atoms with E-state index in [0.717, 1.165) is 31.2 Å². The van der Waals surface area contributed by atoms with Gasteiger partial charge in [0.05, 0.1) is 24.8 Å². The average Bonchev–Trinajstić information content (AvgIpc) is 3.54. The Hall–Kier alpha value is -3.06. The molecule has 0 bridgehead atoms. The predicted molar refractivity (Wildman–Crippen MR) is 124 cm³/mol. The highest BCUT2D eigenvalue weighted by atomic mass is 32.1. The Labute approximate surface area is 192 Å². The molecule has 1 aliphatic rings. The van der Waals surface area contributed by atoms with Crippen molar-refractivity contribution in [2.24, 2.45) is 0 Å². The van der Waals surface area contributed by atoms with Crippen LogP contribution in [0.25, 0.3) is 0 Å². The Morgan fingerprint density at radius 2 is 1.94 bits per heavy atom. The molecule has 1 aliphatic carbocycles. The van der Waals surface area contributed by atoms with Crippen molar-refractivity contribution in [1.82, 2.24) is 10.2 Å². The van der Waals surface area contributed by atoms with Gasteiger partial charge in [-0.1, -0.05) is 43.5 Å². The number of carbonyl (C=O) groups excluding carboxylic acids is 2. The van der Waals surface area contributed by atoms with Gasteiger partial charge in [-0.3, -0.25) is 9.59 Å². The Morgan fingerprint density at radius 1 is 1.12 bits per heavy atom. The molecule has 4 rings (SSSR count). The van der Waals surface area contributed by atoms with Crippen LogP contribution in [0.2, 0.25) is 0 Å². The van der Waals surface area contributed by atoms with E-state index in [2.05, 4.69) is 5.32 Å². The number of para-hydroxylation sites is 1. The third-order valence-corrected chi connectivity index (χ3v) is 6.71. The standard InChI is InChI=1S/C25H28N2O4S/c1-30-20-12-6-5-9-18(20)17-27(25(29)22-14-8-16-32-22)23(21-13-7-15-31-21)24(28)26-19-10-3-2-4-11-19/h5-9,12-16,19,23H,2-4,10-11,17H2,1H3,(H,26,28)/t23-/m0/s1. The number of carbonyl (C=O) groups is 2. The minimum absolute atomic E-state index is 0.124. The molecule has 7 heteroatoms. The van der Waals surface area contributed by atoms with E-state index in [9.17, 15) is 9.59 Å². The maximum absolute atomic E-state index is 13.6. The number of hydrogen-bond acceptors (Lipinski definition) is 5. The lowest BCUT2D eigenvalue weighted by Gasteiger charge is -2.32. The van der Waals surface area contributed by atoms with Gasteiger partial charge in [-0.2, -0.15) is 0 Å². The highest BCUT2D eigenvalue weighted by molar-refractivity contribution is 7.12. The monoisotopic (exact) mass is 452 g/mol. The summed E-state index contributed by atoms with van der Waals surface area (Å²) in [7, 11) is 1.60. The second-order valence-corrected chi connectivity index (χ2v) is 8.93. The van der Waals surface area contributed by atoms with Gasteiger partial charge in [-0.25, -0.2) is 0 Å². The summed E-state index contributed by atoms with van der Waals surface area (Å²) in [6.07, 6.45) is 6.87. The smallest absolute Gasteiger partial charge is 0.265 e. The predicted octanol–water partition coefficient (Wildman–Crippen LogP) is 5.18. The highest BCUT2D eigenvalue weighted by Gasteiger charge is 2.36. The summed E-state index contributed by atoms with van der Waals surface area (Å²) < 4.78 is 11.2. The summed E-state index contributed by atoms with van der Waals surface area (Å²) in [5.41, 5.74) is 0.821. The van der Waals surface area contributed by atoms with Crippen molar-refractivity contribution in [2.75, 3.05) is 7.11 Å². The molecule has 0 unspecified atom stereocenters. The third-order valence-electron chi connectivity index (χ3n) is 5.85. The van der Waals surface area contributed by atoms with Crippen LogP contribution in [0.15, 0.2) is 64.6 Å². The molecule has 0 aliphatic heterocycles. The van der Waals surface area contributed by atoms with Crippen LogP contribution in [0.3, 0.4) is 0 Å². The van der Waals surface area contributed by atoms with Gasteiger partial charge in [-0.05, 0) is 42.5 Å². The van der Waals surface area contributed by atoms with Crippen molar-refractivity contribution < 1.29 is 18.7 Å². The molecule has 1 saturated carbocycles. The summed E-state index contributed by atoms with van der Waals surface area (Å²) in [6.45, 7) is 0.212. The molecule has 2 heterocycles. The molecule has 6 nitrogen and oxygen atoms in total. The van der Waals surface area contributed by atoms with Crippen LogP contribution >= 0.6 is 11.3 Å². The number of rotatable bonds is 8. The molecule has 1 aromatic carbocycles. The molecule has 1 fully saturated rings. The fraction of sp³-hybridized carbons (Fsp3) is 0.360. The second-order valence-electron chi connectivity index (χ2n) is 7.98. The minimum atomic E-state index is -0.883. The van der Waals surface area contributed by atoms with Crippen LogP contribution in [-0.4, -0.2) is 29.9 Å². The second kappa shape index (κ2) is 10.5. The molecular weight excluding hydrogens is 424 g/mol. The van der Waals surface area contributed by atoms with Gasteiger partial charge >= 0.3 is 0 Å². The number of thiophene rings is 1. The summed E-state index contributed by atoms with van der Waals surface area (Å²) in [5.74, 6) is 0.679. The van der Waals surface area contributed by atoms with Crippen LogP contribution in [0.1, 0.15) is 59.1 Å². The number of amides is 2. The first-order valence-electron chi connectivity index (χ1n) is 11.0. The van der Waals surface area contributed by atoms with E-state index in [1.165, 1.54) is 24.0 Å². The van der Waals surface area contributed by atoms with Gasteiger partial charge in [0.25, 0.3) is 11.8 Å². The summed E-state index contributed by atoms with van der Waals surface area (Å²) in [6, 6.07) is 13.9. The largest absolute Gasteiger partial charge is 0.496 e. The molecule has 32 heavy (non-hydrogen) atoms. The number of hydrogen-bond donors (Lipinski definition) is 1. The molecule has 168 valence electrons. The first-order chi connectivity index (χ1) is 15.7. The first kappa shape index (κ1) is 22.1. The zero-order valence-corrected chi connectivity index (χ0v) is 19.0. The Kier molecular flexibility index (Phi) is 7.27. The minimum Gasteiger partial charge on any atom is -0.496 e. The van der Waals surface area contributed by atoms with Gasteiger partial charge in [-0.15, -0.1) is 11.3 Å². The zero-order chi connectivity index (χ0) is 22.3. The number of methoxy groups -OCH3 is 1.